The molecule has 1 unspecified atom stereocenters. The van der Waals surface area contributed by atoms with Gasteiger partial charge in [-0.15, -0.1) is 0 Å². The summed E-state index contributed by atoms with van der Waals surface area (Å²) in [5.41, 5.74) is 0.0217. The van der Waals surface area contributed by atoms with E-state index in [4.69, 9.17) is 0 Å². The van der Waals surface area contributed by atoms with Gasteiger partial charge in [-0.1, -0.05) is 19.8 Å². The van der Waals surface area contributed by atoms with Crippen LogP contribution in [0.4, 0.5) is 13.2 Å². The molecule has 1 heterocycles. The molecule has 0 aromatic carbocycles. The minimum atomic E-state index is -4.32. The van der Waals surface area contributed by atoms with Gasteiger partial charge in [-0.3, -0.25) is 4.98 Å². The van der Waals surface area contributed by atoms with Crippen LogP contribution in [0.2, 0.25) is 0 Å². The van der Waals surface area contributed by atoms with Crippen LogP contribution in [0.5, 0.6) is 0 Å². The summed E-state index contributed by atoms with van der Waals surface area (Å²) in [5, 5.41) is 3.22. The lowest BCUT2D eigenvalue weighted by Gasteiger charge is -2.32. The molecule has 1 aliphatic carbocycles. The van der Waals surface area contributed by atoms with Gasteiger partial charge >= 0.3 is 6.18 Å². The molecule has 0 aliphatic heterocycles. The molecule has 20 heavy (non-hydrogen) atoms. The van der Waals surface area contributed by atoms with Gasteiger partial charge in [-0.05, 0) is 43.9 Å². The maximum atomic E-state index is 12.5. The average Bonchev–Trinajstić information content (AvgIpc) is 2.41. The van der Waals surface area contributed by atoms with Crippen molar-refractivity contribution < 1.29 is 13.2 Å². The van der Waals surface area contributed by atoms with E-state index in [1.165, 1.54) is 18.9 Å². The van der Waals surface area contributed by atoms with E-state index in [-0.39, 0.29) is 6.04 Å². The number of halogens is 3. The highest BCUT2D eigenvalue weighted by Gasteiger charge is 2.32. The van der Waals surface area contributed by atoms with Gasteiger partial charge in [0, 0.05) is 6.20 Å². The fourth-order valence-corrected chi connectivity index (χ4v) is 3.00. The quantitative estimate of drug-likeness (QED) is 0.901. The highest BCUT2D eigenvalue weighted by molar-refractivity contribution is 5.19. The Balaban J connectivity index is 2.11. The SMILES string of the molecule is CNC(c1ccc(C(F)(F)F)cn1)C1CCC(C)CC1. The molecule has 1 fully saturated rings. The van der Waals surface area contributed by atoms with Crippen LogP contribution in [0, 0.1) is 11.8 Å². The van der Waals surface area contributed by atoms with Crippen molar-refractivity contribution in [3.8, 4) is 0 Å². The Labute approximate surface area is 117 Å². The van der Waals surface area contributed by atoms with Crippen molar-refractivity contribution in [2.45, 2.75) is 44.8 Å². The minimum absolute atomic E-state index is 0.0461. The van der Waals surface area contributed by atoms with Gasteiger partial charge in [0.25, 0.3) is 0 Å². The highest BCUT2D eigenvalue weighted by Crippen LogP contribution is 2.36. The van der Waals surface area contributed by atoms with E-state index in [1.807, 2.05) is 7.05 Å². The smallest absolute Gasteiger partial charge is 0.311 e. The second-order valence-electron chi connectivity index (χ2n) is 5.76. The summed E-state index contributed by atoms with van der Waals surface area (Å²) < 4.78 is 37.6. The predicted molar refractivity (Wildman–Crippen MR) is 72.2 cm³/mol. The fourth-order valence-electron chi connectivity index (χ4n) is 3.00. The Hall–Kier alpha value is -1.10. The van der Waals surface area contributed by atoms with Crippen LogP contribution in [0.3, 0.4) is 0 Å². The number of alkyl halides is 3. The van der Waals surface area contributed by atoms with E-state index in [0.717, 1.165) is 31.0 Å². The van der Waals surface area contributed by atoms with Crippen LogP contribution in [0.25, 0.3) is 0 Å². The number of rotatable bonds is 3. The fraction of sp³-hybridized carbons (Fsp3) is 0.667. The third kappa shape index (κ3) is 3.51. The van der Waals surface area contributed by atoms with Crippen molar-refractivity contribution in [1.29, 1.82) is 0 Å². The van der Waals surface area contributed by atoms with E-state index >= 15 is 0 Å². The largest absolute Gasteiger partial charge is 0.417 e. The molecule has 2 nitrogen and oxygen atoms in total. The van der Waals surface area contributed by atoms with Crippen LogP contribution in [0.1, 0.15) is 49.9 Å². The van der Waals surface area contributed by atoms with E-state index < -0.39 is 11.7 Å². The number of aromatic nitrogens is 1. The lowest BCUT2D eigenvalue weighted by Crippen LogP contribution is -2.29. The standard InChI is InChI=1S/C15H21F3N2/c1-10-3-5-11(6-4-10)14(19-2)13-8-7-12(9-20-13)15(16,17)18/h7-11,14,19H,3-6H2,1-2H3. The second-order valence-corrected chi connectivity index (χ2v) is 5.76. The molecular formula is C15H21F3N2. The molecule has 5 heteroatoms. The molecule has 0 amide bonds. The van der Waals surface area contributed by atoms with Crippen molar-refractivity contribution in [3.05, 3.63) is 29.6 Å². The van der Waals surface area contributed by atoms with Crippen LogP contribution in [-0.2, 0) is 6.18 Å². The Morgan fingerprint density at radius 2 is 1.85 bits per heavy atom. The first-order valence-electron chi connectivity index (χ1n) is 7.12. The number of hydrogen-bond acceptors (Lipinski definition) is 2. The zero-order valence-electron chi connectivity index (χ0n) is 11.9. The summed E-state index contributed by atoms with van der Waals surface area (Å²) in [5.74, 6) is 1.21. The van der Waals surface area contributed by atoms with Gasteiger partial charge in [0.05, 0.1) is 17.3 Å². The summed E-state index contributed by atoms with van der Waals surface area (Å²) >= 11 is 0. The van der Waals surface area contributed by atoms with Crippen molar-refractivity contribution in [2.24, 2.45) is 11.8 Å². The molecule has 1 aromatic rings. The lowest BCUT2D eigenvalue weighted by molar-refractivity contribution is -0.137. The van der Waals surface area contributed by atoms with Crippen molar-refractivity contribution in [2.75, 3.05) is 7.05 Å². The van der Waals surface area contributed by atoms with Gasteiger partial charge in [0.15, 0.2) is 0 Å². The summed E-state index contributed by atoms with van der Waals surface area (Å²) in [6, 6.07) is 2.67. The Bertz CT molecular complexity index is 420. The van der Waals surface area contributed by atoms with Gasteiger partial charge in [-0.25, -0.2) is 0 Å². The van der Waals surface area contributed by atoms with Gasteiger partial charge < -0.3 is 5.32 Å². The summed E-state index contributed by atoms with van der Waals surface area (Å²) in [6.07, 6.45) is 1.20. The summed E-state index contributed by atoms with van der Waals surface area (Å²) in [4.78, 5) is 4.03. The molecule has 1 aromatic heterocycles. The normalized spacial score (nSPS) is 25.4. The zero-order chi connectivity index (χ0) is 14.8. The number of hydrogen-bond donors (Lipinski definition) is 1. The van der Waals surface area contributed by atoms with Crippen LogP contribution < -0.4 is 5.32 Å². The third-order valence-corrected chi connectivity index (χ3v) is 4.28. The van der Waals surface area contributed by atoms with Crippen LogP contribution in [-0.4, -0.2) is 12.0 Å². The molecular weight excluding hydrogens is 265 g/mol. The number of pyridine rings is 1. The molecule has 0 bridgehead atoms. The first-order valence-corrected chi connectivity index (χ1v) is 7.12. The van der Waals surface area contributed by atoms with E-state index in [0.29, 0.717) is 11.6 Å². The molecule has 0 radical (unpaired) electrons. The first kappa shape index (κ1) is 15.3. The molecule has 112 valence electrons. The van der Waals surface area contributed by atoms with Crippen molar-refractivity contribution in [1.82, 2.24) is 10.3 Å². The van der Waals surface area contributed by atoms with Crippen molar-refractivity contribution >= 4 is 0 Å². The van der Waals surface area contributed by atoms with E-state index in [2.05, 4.69) is 17.2 Å². The van der Waals surface area contributed by atoms with E-state index in [9.17, 15) is 13.2 Å². The van der Waals surface area contributed by atoms with Gasteiger partial charge in [0.2, 0.25) is 0 Å². The molecule has 1 N–H and O–H groups in total. The molecule has 2 rings (SSSR count). The molecule has 1 aliphatic rings. The lowest BCUT2D eigenvalue weighted by atomic mass is 9.78. The number of nitrogens with one attached hydrogen (secondary N) is 1. The Morgan fingerprint density at radius 1 is 1.20 bits per heavy atom. The predicted octanol–water partition coefficient (Wildman–Crippen LogP) is 4.19. The average molecular weight is 286 g/mol. The van der Waals surface area contributed by atoms with Crippen LogP contribution in [0.15, 0.2) is 18.3 Å². The topological polar surface area (TPSA) is 24.9 Å². The highest BCUT2D eigenvalue weighted by atomic mass is 19.4. The Kier molecular flexibility index (Phi) is 4.68. The second kappa shape index (κ2) is 6.12. The molecule has 1 saturated carbocycles. The molecule has 0 spiro atoms. The summed E-state index contributed by atoms with van der Waals surface area (Å²) in [7, 11) is 1.85. The van der Waals surface area contributed by atoms with Gasteiger partial charge in [0.1, 0.15) is 0 Å². The molecule has 0 saturated heterocycles. The number of nitrogens with zero attached hydrogens (tertiary/aromatic N) is 1. The maximum absolute atomic E-state index is 12.5. The monoisotopic (exact) mass is 286 g/mol. The maximum Gasteiger partial charge on any atom is 0.417 e. The van der Waals surface area contributed by atoms with Crippen LogP contribution >= 0.6 is 0 Å². The Morgan fingerprint density at radius 3 is 2.30 bits per heavy atom. The first-order chi connectivity index (χ1) is 9.41. The van der Waals surface area contributed by atoms with Gasteiger partial charge in [-0.2, -0.15) is 13.2 Å². The zero-order valence-corrected chi connectivity index (χ0v) is 11.9. The third-order valence-electron chi connectivity index (χ3n) is 4.28. The van der Waals surface area contributed by atoms with Crippen molar-refractivity contribution in [3.63, 3.8) is 0 Å². The summed E-state index contributed by atoms with van der Waals surface area (Å²) in [6.45, 7) is 2.25. The molecule has 1 atom stereocenters. The minimum Gasteiger partial charge on any atom is -0.311 e. The van der Waals surface area contributed by atoms with E-state index in [1.54, 1.807) is 0 Å².